The Balaban J connectivity index is 1.70. The van der Waals surface area contributed by atoms with Gasteiger partial charge in [-0.05, 0) is 13.0 Å². The first-order chi connectivity index (χ1) is 11.2. The molecule has 1 atom stereocenters. The Morgan fingerprint density at radius 1 is 1.39 bits per heavy atom. The van der Waals surface area contributed by atoms with Crippen molar-refractivity contribution in [2.24, 2.45) is 0 Å². The Kier molecular flexibility index (Phi) is 4.77. The van der Waals surface area contributed by atoms with Crippen LogP contribution in [0.25, 0.3) is 0 Å². The Hall–Kier alpha value is -2.54. The van der Waals surface area contributed by atoms with Gasteiger partial charge in [0.2, 0.25) is 5.88 Å². The molecular weight excluding hydrogens is 296 g/mol. The number of hydrogen-bond acceptors (Lipinski definition) is 6. The predicted octanol–water partition coefficient (Wildman–Crippen LogP) is 1.10. The third-order valence-corrected chi connectivity index (χ3v) is 3.45. The molecule has 1 fully saturated rings. The number of nitrogens with zero attached hydrogens (tertiary/aromatic N) is 4. The van der Waals surface area contributed by atoms with Gasteiger partial charge >= 0.3 is 0 Å². The first kappa shape index (κ1) is 15.4. The van der Waals surface area contributed by atoms with Gasteiger partial charge in [0.05, 0.1) is 26.0 Å². The van der Waals surface area contributed by atoms with Crippen molar-refractivity contribution >= 4 is 5.91 Å². The molecule has 7 heteroatoms. The average Bonchev–Trinajstić information content (AvgIpc) is 2.80. The Bertz CT molecular complexity index is 665. The highest BCUT2D eigenvalue weighted by molar-refractivity contribution is 5.92. The van der Waals surface area contributed by atoms with E-state index in [2.05, 4.69) is 15.0 Å². The molecule has 1 saturated heterocycles. The van der Waals surface area contributed by atoms with Crippen LogP contribution in [0.2, 0.25) is 0 Å². The fourth-order valence-electron chi connectivity index (χ4n) is 2.36. The number of carbonyl (C=O) groups is 1. The second-order valence-electron chi connectivity index (χ2n) is 5.27. The van der Waals surface area contributed by atoms with Crippen molar-refractivity contribution in [3.05, 3.63) is 48.2 Å². The molecule has 0 bridgehead atoms. The molecule has 1 amide bonds. The molecule has 0 aliphatic carbocycles. The number of aryl methyl sites for hydroxylation is 1. The molecule has 7 nitrogen and oxygen atoms in total. The molecule has 3 rings (SSSR count). The lowest BCUT2D eigenvalue weighted by molar-refractivity contribution is 0.0630. The number of hydrogen-bond donors (Lipinski definition) is 0. The van der Waals surface area contributed by atoms with Crippen LogP contribution >= 0.6 is 0 Å². The molecule has 2 aromatic heterocycles. The maximum absolute atomic E-state index is 12.5. The standard InChI is InChI=1S/C16H18N4O3/c1-12-3-2-4-15(19-12)23-13-10-20(7-8-22-11-13)16(21)14-9-17-5-6-18-14/h2-6,9,13H,7-8,10-11H2,1H3/t13-/m1/s1. The fraction of sp³-hybridized carbons (Fsp3) is 0.375. The molecule has 1 aliphatic heterocycles. The lowest BCUT2D eigenvalue weighted by Gasteiger charge is -2.23. The third-order valence-electron chi connectivity index (χ3n) is 3.45. The molecule has 23 heavy (non-hydrogen) atoms. The first-order valence-corrected chi connectivity index (χ1v) is 7.46. The number of ether oxygens (including phenoxy) is 2. The van der Waals surface area contributed by atoms with E-state index in [1.807, 2.05) is 19.1 Å². The molecule has 0 N–H and O–H groups in total. The van der Waals surface area contributed by atoms with Crippen molar-refractivity contribution in [3.63, 3.8) is 0 Å². The maximum atomic E-state index is 12.5. The van der Waals surface area contributed by atoms with Crippen molar-refractivity contribution in [2.45, 2.75) is 13.0 Å². The van der Waals surface area contributed by atoms with Gasteiger partial charge in [-0.25, -0.2) is 9.97 Å². The third kappa shape index (κ3) is 4.01. The number of rotatable bonds is 3. The largest absolute Gasteiger partial charge is 0.470 e. The quantitative estimate of drug-likeness (QED) is 0.844. The summed E-state index contributed by atoms with van der Waals surface area (Å²) in [5.74, 6) is 0.363. The Labute approximate surface area is 134 Å². The highest BCUT2D eigenvalue weighted by Crippen LogP contribution is 2.13. The number of carbonyl (C=O) groups excluding carboxylic acids is 1. The van der Waals surface area contributed by atoms with Crippen LogP contribution in [0.5, 0.6) is 5.88 Å². The molecule has 0 unspecified atom stereocenters. The minimum atomic E-state index is -0.271. The van der Waals surface area contributed by atoms with Crippen LogP contribution in [0, 0.1) is 6.92 Å². The van der Waals surface area contributed by atoms with Crippen molar-refractivity contribution in [3.8, 4) is 5.88 Å². The molecule has 0 spiro atoms. The zero-order valence-corrected chi connectivity index (χ0v) is 12.9. The number of aromatic nitrogens is 3. The molecule has 3 heterocycles. The molecule has 2 aromatic rings. The van der Waals surface area contributed by atoms with E-state index in [4.69, 9.17) is 9.47 Å². The van der Waals surface area contributed by atoms with E-state index in [0.29, 0.717) is 37.9 Å². The van der Waals surface area contributed by atoms with Crippen molar-refractivity contribution in [1.82, 2.24) is 19.9 Å². The van der Waals surface area contributed by atoms with Crippen molar-refractivity contribution < 1.29 is 14.3 Å². The lowest BCUT2D eigenvalue weighted by Crippen LogP contribution is -2.40. The summed E-state index contributed by atoms with van der Waals surface area (Å²) < 4.78 is 11.4. The van der Waals surface area contributed by atoms with E-state index in [-0.39, 0.29) is 12.0 Å². The van der Waals surface area contributed by atoms with Crippen LogP contribution < -0.4 is 4.74 Å². The van der Waals surface area contributed by atoms with Crippen LogP contribution in [-0.4, -0.2) is 58.2 Å². The maximum Gasteiger partial charge on any atom is 0.274 e. The summed E-state index contributed by atoms with van der Waals surface area (Å²) in [6.45, 7) is 3.70. The van der Waals surface area contributed by atoms with E-state index < -0.39 is 0 Å². The molecule has 0 radical (unpaired) electrons. The second-order valence-corrected chi connectivity index (χ2v) is 5.27. The topological polar surface area (TPSA) is 77.4 Å². The summed E-state index contributed by atoms with van der Waals surface area (Å²) in [6, 6.07) is 5.59. The minimum absolute atomic E-state index is 0.172. The summed E-state index contributed by atoms with van der Waals surface area (Å²) in [4.78, 5) is 26.5. The summed E-state index contributed by atoms with van der Waals surface area (Å²) in [5.41, 5.74) is 1.20. The Morgan fingerprint density at radius 2 is 2.30 bits per heavy atom. The van der Waals surface area contributed by atoms with Gasteiger partial charge in [-0.15, -0.1) is 0 Å². The zero-order chi connectivity index (χ0) is 16.1. The minimum Gasteiger partial charge on any atom is -0.470 e. The molecule has 0 saturated carbocycles. The molecule has 1 aliphatic rings. The van der Waals surface area contributed by atoms with Gasteiger partial charge in [0, 0.05) is 30.7 Å². The molecular formula is C16H18N4O3. The molecule has 120 valence electrons. The fourth-order valence-corrected chi connectivity index (χ4v) is 2.36. The summed E-state index contributed by atoms with van der Waals surface area (Å²) in [6.07, 6.45) is 4.24. The van der Waals surface area contributed by atoms with Crippen LogP contribution in [0.15, 0.2) is 36.8 Å². The summed E-state index contributed by atoms with van der Waals surface area (Å²) in [7, 11) is 0. The van der Waals surface area contributed by atoms with E-state index in [1.54, 1.807) is 11.0 Å². The SMILES string of the molecule is Cc1cccc(O[C@H]2COCCN(C(=O)c3cnccn3)C2)n1. The van der Waals surface area contributed by atoms with Gasteiger partial charge in [0.25, 0.3) is 5.91 Å². The average molecular weight is 314 g/mol. The van der Waals surface area contributed by atoms with Crippen LogP contribution in [-0.2, 0) is 4.74 Å². The van der Waals surface area contributed by atoms with Crippen LogP contribution in [0.4, 0.5) is 0 Å². The number of pyridine rings is 1. The van der Waals surface area contributed by atoms with Crippen LogP contribution in [0.1, 0.15) is 16.2 Å². The zero-order valence-electron chi connectivity index (χ0n) is 12.9. The van der Waals surface area contributed by atoms with Gasteiger partial charge in [-0.1, -0.05) is 6.07 Å². The summed E-state index contributed by atoms with van der Waals surface area (Å²) >= 11 is 0. The predicted molar refractivity (Wildman–Crippen MR) is 82.1 cm³/mol. The van der Waals surface area contributed by atoms with Gasteiger partial charge in [-0.2, -0.15) is 0 Å². The lowest BCUT2D eigenvalue weighted by atomic mass is 10.3. The monoisotopic (exact) mass is 314 g/mol. The first-order valence-electron chi connectivity index (χ1n) is 7.46. The normalized spacial score (nSPS) is 18.3. The smallest absolute Gasteiger partial charge is 0.274 e. The second kappa shape index (κ2) is 7.15. The van der Waals surface area contributed by atoms with E-state index >= 15 is 0 Å². The highest BCUT2D eigenvalue weighted by Gasteiger charge is 2.25. The van der Waals surface area contributed by atoms with E-state index in [1.165, 1.54) is 18.6 Å². The summed E-state index contributed by atoms with van der Waals surface area (Å²) in [5, 5.41) is 0. The van der Waals surface area contributed by atoms with Crippen molar-refractivity contribution in [2.75, 3.05) is 26.3 Å². The van der Waals surface area contributed by atoms with Gasteiger partial charge < -0.3 is 14.4 Å². The van der Waals surface area contributed by atoms with Gasteiger partial charge in [-0.3, -0.25) is 9.78 Å². The Morgan fingerprint density at radius 3 is 3.09 bits per heavy atom. The molecule has 0 aromatic carbocycles. The van der Waals surface area contributed by atoms with Gasteiger partial charge in [0.15, 0.2) is 0 Å². The van der Waals surface area contributed by atoms with Gasteiger partial charge in [0.1, 0.15) is 11.8 Å². The van der Waals surface area contributed by atoms with Crippen LogP contribution in [0.3, 0.4) is 0 Å². The number of amides is 1. The van der Waals surface area contributed by atoms with E-state index in [0.717, 1.165) is 5.69 Å². The highest BCUT2D eigenvalue weighted by atomic mass is 16.5. The van der Waals surface area contributed by atoms with Crippen molar-refractivity contribution in [1.29, 1.82) is 0 Å². The van der Waals surface area contributed by atoms with E-state index in [9.17, 15) is 4.79 Å².